The second-order valence-corrected chi connectivity index (χ2v) is 12.3. The first-order valence-electron chi connectivity index (χ1n) is 16.0. The van der Waals surface area contributed by atoms with Gasteiger partial charge in [0.15, 0.2) is 0 Å². The molecule has 1 aromatic carbocycles. The predicted molar refractivity (Wildman–Crippen MR) is 175 cm³/mol. The number of hydrogen-bond acceptors (Lipinski definition) is 10. The molecule has 7 rings (SSSR count). The highest BCUT2D eigenvalue weighted by Gasteiger charge is 2.27. The number of aromatic nitrogens is 5. The summed E-state index contributed by atoms with van der Waals surface area (Å²) in [6.45, 7) is 8.17. The van der Waals surface area contributed by atoms with Gasteiger partial charge in [-0.25, -0.2) is 15.0 Å². The fraction of sp³-hybridized carbons (Fsp3) is 0.455. The van der Waals surface area contributed by atoms with E-state index in [1.165, 1.54) is 10.3 Å². The quantitative estimate of drug-likeness (QED) is 0.324. The number of benzene rings is 1. The number of hydrogen-bond donors (Lipinski definition) is 2. The van der Waals surface area contributed by atoms with E-state index in [0.29, 0.717) is 41.2 Å². The fourth-order valence-electron chi connectivity index (χ4n) is 6.71. The zero-order valence-corrected chi connectivity index (χ0v) is 26.0. The van der Waals surface area contributed by atoms with E-state index in [1.54, 1.807) is 18.5 Å². The Hall–Kier alpha value is -4.42. The molecule has 12 heteroatoms. The molecule has 3 aliphatic rings. The minimum absolute atomic E-state index is 0.0859. The molecule has 0 saturated carbocycles. The van der Waals surface area contributed by atoms with Crippen molar-refractivity contribution in [1.29, 1.82) is 0 Å². The zero-order chi connectivity index (χ0) is 30.9. The molecule has 0 radical (unpaired) electrons. The lowest BCUT2D eigenvalue weighted by atomic mass is 10.1. The summed E-state index contributed by atoms with van der Waals surface area (Å²) in [6, 6.07) is 10.2. The normalized spacial score (nSPS) is 19.0. The molecule has 0 spiro atoms. The smallest absolute Gasteiger partial charge is 0.260 e. The first kappa shape index (κ1) is 29.3. The maximum Gasteiger partial charge on any atom is 0.260 e. The molecule has 1 amide bonds. The number of nitrogens with one attached hydrogen (secondary N) is 2. The van der Waals surface area contributed by atoms with Gasteiger partial charge in [-0.1, -0.05) is 0 Å². The van der Waals surface area contributed by atoms with Crippen LogP contribution in [0.4, 0.5) is 17.3 Å². The van der Waals surface area contributed by atoms with E-state index in [0.717, 1.165) is 75.6 Å². The minimum Gasteiger partial charge on any atom is -0.369 e. The molecule has 3 saturated heterocycles. The Labute approximate surface area is 262 Å². The highest BCUT2D eigenvalue weighted by atomic mass is 16.2. The second-order valence-electron chi connectivity index (χ2n) is 12.3. The van der Waals surface area contributed by atoms with Crippen molar-refractivity contribution < 1.29 is 4.79 Å². The standard InChI is InChI=1S/C33H40N10O2/c1-22-27(20-35-30(37-22)28-6-5-13-40(28)2)26-18-23-19-36-33(38-24-7-9-25(10-8-24)41-16-11-34-12-17-41)39-31(23)43(32(26)45)21-29(44)42-14-3-4-15-42/h7-10,18-20,28,34H,3-6,11-17,21H2,1-2H3,(H,36,38,39). The van der Waals surface area contributed by atoms with Crippen molar-refractivity contribution in [2.75, 3.05) is 63.1 Å². The lowest BCUT2D eigenvalue weighted by Crippen LogP contribution is -2.43. The number of amides is 1. The summed E-state index contributed by atoms with van der Waals surface area (Å²) in [5.74, 6) is 1.05. The van der Waals surface area contributed by atoms with Crippen LogP contribution >= 0.6 is 0 Å². The van der Waals surface area contributed by atoms with E-state index in [-0.39, 0.29) is 24.1 Å². The number of nitrogens with zero attached hydrogens (tertiary/aromatic N) is 8. The van der Waals surface area contributed by atoms with Gasteiger partial charge in [0.25, 0.3) is 5.56 Å². The van der Waals surface area contributed by atoms with Crippen molar-refractivity contribution in [3.63, 3.8) is 0 Å². The van der Waals surface area contributed by atoms with E-state index in [2.05, 4.69) is 44.6 Å². The Morgan fingerprint density at radius 1 is 0.956 bits per heavy atom. The van der Waals surface area contributed by atoms with Crippen LogP contribution in [0, 0.1) is 6.92 Å². The zero-order valence-electron chi connectivity index (χ0n) is 26.0. The van der Waals surface area contributed by atoms with Gasteiger partial charge in [-0.3, -0.25) is 19.1 Å². The van der Waals surface area contributed by atoms with Gasteiger partial charge in [-0.2, -0.15) is 4.98 Å². The first-order valence-corrected chi connectivity index (χ1v) is 16.0. The van der Waals surface area contributed by atoms with Crippen molar-refractivity contribution in [2.24, 2.45) is 0 Å². The summed E-state index contributed by atoms with van der Waals surface area (Å²) in [6.07, 6.45) is 7.54. The Morgan fingerprint density at radius 3 is 2.44 bits per heavy atom. The molecule has 45 heavy (non-hydrogen) atoms. The molecule has 3 aromatic heterocycles. The minimum atomic E-state index is -0.294. The first-order chi connectivity index (χ1) is 21.9. The molecule has 0 aliphatic carbocycles. The maximum absolute atomic E-state index is 14.2. The van der Waals surface area contributed by atoms with E-state index in [4.69, 9.17) is 15.0 Å². The van der Waals surface area contributed by atoms with Crippen LogP contribution in [0.25, 0.3) is 22.2 Å². The van der Waals surface area contributed by atoms with Gasteiger partial charge in [-0.15, -0.1) is 0 Å². The molecule has 4 aromatic rings. The highest BCUT2D eigenvalue weighted by Crippen LogP contribution is 2.30. The van der Waals surface area contributed by atoms with Crippen molar-refractivity contribution in [2.45, 2.75) is 45.2 Å². The topological polar surface area (TPSA) is 124 Å². The van der Waals surface area contributed by atoms with Gasteiger partial charge in [0, 0.05) is 79.7 Å². The fourth-order valence-corrected chi connectivity index (χ4v) is 6.71. The molecule has 12 nitrogen and oxygen atoms in total. The predicted octanol–water partition coefficient (Wildman–Crippen LogP) is 3.10. The number of piperazine rings is 1. The number of aryl methyl sites for hydroxylation is 1. The number of carbonyl (C=O) groups excluding carboxylic acids is 1. The van der Waals surface area contributed by atoms with Gasteiger partial charge < -0.3 is 20.4 Å². The van der Waals surface area contributed by atoms with Gasteiger partial charge in [-0.05, 0) is 76.5 Å². The van der Waals surface area contributed by atoms with Gasteiger partial charge in [0.2, 0.25) is 11.9 Å². The number of rotatable bonds is 7. The van der Waals surface area contributed by atoms with Crippen LogP contribution in [0.3, 0.4) is 0 Å². The summed E-state index contributed by atoms with van der Waals surface area (Å²) in [7, 11) is 2.09. The van der Waals surface area contributed by atoms with Crippen LogP contribution in [0.5, 0.6) is 0 Å². The number of fused-ring (bicyclic) bond motifs is 1. The highest BCUT2D eigenvalue weighted by molar-refractivity contribution is 5.84. The monoisotopic (exact) mass is 608 g/mol. The van der Waals surface area contributed by atoms with E-state index < -0.39 is 0 Å². The Kier molecular flexibility index (Phi) is 8.16. The lowest BCUT2D eigenvalue weighted by Gasteiger charge is -2.29. The Balaban J connectivity index is 1.23. The van der Waals surface area contributed by atoms with Crippen LogP contribution in [0.2, 0.25) is 0 Å². The molecule has 1 atom stereocenters. The van der Waals surface area contributed by atoms with Crippen LogP contribution in [0.1, 0.15) is 43.2 Å². The van der Waals surface area contributed by atoms with Crippen molar-refractivity contribution in [3.8, 4) is 11.1 Å². The molecule has 3 fully saturated rings. The molecular formula is C33H40N10O2. The SMILES string of the molecule is Cc1nc(C2CCCN2C)ncc1-c1cc2cnc(Nc3ccc(N4CCNCC4)cc3)nc2n(CC(=O)N2CCCC2)c1=O. The molecule has 234 valence electrons. The number of anilines is 3. The van der Waals surface area contributed by atoms with Crippen LogP contribution in [-0.4, -0.2) is 93.1 Å². The van der Waals surface area contributed by atoms with Crippen molar-refractivity contribution in [1.82, 2.24) is 39.6 Å². The van der Waals surface area contributed by atoms with Crippen LogP contribution in [0.15, 0.2) is 47.5 Å². The Morgan fingerprint density at radius 2 is 1.73 bits per heavy atom. The van der Waals surface area contributed by atoms with Crippen molar-refractivity contribution >= 4 is 34.3 Å². The van der Waals surface area contributed by atoms with E-state index in [9.17, 15) is 9.59 Å². The third-order valence-corrected chi connectivity index (χ3v) is 9.29. The molecule has 0 bridgehead atoms. The maximum atomic E-state index is 14.2. The van der Waals surface area contributed by atoms with Gasteiger partial charge >= 0.3 is 0 Å². The largest absolute Gasteiger partial charge is 0.369 e. The number of pyridine rings is 1. The van der Waals surface area contributed by atoms with Gasteiger partial charge in [0.05, 0.1) is 11.6 Å². The summed E-state index contributed by atoms with van der Waals surface area (Å²) in [5, 5.41) is 7.33. The Bertz CT molecular complexity index is 1760. The summed E-state index contributed by atoms with van der Waals surface area (Å²) < 4.78 is 1.49. The van der Waals surface area contributed by atoms with Crippen LogP contribution < -0.4 is 21.1 Å². The molecular weight excluding hydrogens is 568 g/mol. The molecule has 6 heterocycles. The average Bonchev–Trinajstić information content (AvgIpc) is 3.76. The molecule has 3 aliphatic heterocycles. The summed E-state index contributed by atoms with van der Waals surface area (Å²) in [5.41, 5.74) is 3.96. The summed E-state index contributed by atoms with van der Waals surface area (Å²) in [4.78, 5) is 52.9. The number of carbonyl (C=O) groups is 1. The van der Waals surface area contributed by atoms with E-state index in [1.807, 2.05) is 24.0 Å². The third kappa shape index (κ3) is 5.99. The van der Waals surface area contributed by atoms with Crippen molar-refractivity contribution in [3.05, 3.63) is 64.6 Å². The molecule has 1 unspecified atom stereocenters. The number of likely N-dealkylation sites (tertiary alicyclic amines) is 2. The lowest BCUT2D eigenvalue weighted by molar-refractivity contribution is -0.130. The van der Waals surface area contributed by atoms with Crippen LogP contribution in [-0.2, 0) is 11.3 Å². The average molecular weight is 609 g/mol. The van der Waals surface area contributed by atoms with E-state index >= 15 is 0 Å². The third-order valence-electron chi connectivity index (χ3n) is 9.29. The second kappa shape index (κ2) is 12.5. The molecule has 2 N–H and O–H groups in total. The van der Waals surface area contributed by atoms with Gasteiger partial charge in [0.1, 0.15) is 18.0 Å². The summed E-state index contributed by atoms with van der Waals surface area (Å²) >= 11 is 0.